The van der Waals surface area contributed by atoms with Crippen LogP contribution in [0.2, 0.25) is 10.0 Å². The topological polar surface area (TPSA) is 251 Å². The standard InChI is InChI=1S/C41H35ClN6O4S.C24H23N3O4.C16H12ClIN4S.S34.S9/c1-24-36(53-41-38(24)39(27-9-11-28(42)12-10-27)44-22-37-46-45-25(2)48(37)41)18-14-29-13-16-31(21-43-29)52-19-4-3-6-26-7-5-8-32-33(26)23-47(40(32)51)34-17-15-30(49)20-35(34)50;1-2-17-9-10-18(14-25-17)31-13-4-3-6-16-7-5-8-19-20(16)15-27(24(19)30)21-11-12-22(28)26-23(21)29;1-8-13-14(10-3-5-11(17)6-4-10)19-7-12-21-20-9(2)22(12)16(13)23-15(8)18;1-3-5-7-9-11-13-15-17-19-21-23-25-27-29-31-33-34-32-30-28-26-24-22-20-18-16-14-12-10-8-6-4-2;1-3-5-7-9-8-6-4-2/h5,7-13,16,21,34H,3-4,6,15,17,19-20,22-23H2,1-2H3;1,5,7-10,14,21H,3-4,6,11-13,15H2,(H,26,28,29);3-6H,7H2,1-2H3;;. The van der Waals surface area contributed by atoms with E-state index in [1.807, 2.05) is 265 Å². The van der Waals surface area contributed by atoms with Gasteiger partial charge in [0.15, 0.2) is 17.4 Å². The molecule has 1 saturated heterocycles. The van der Waals surface area contributed by atoms with Crippen molar-refractivity contribution < 1.29 is 38.2 Å². The van der Waals surface area contributed by atoms with Gasteiger partial charge >= 0.3 is 0 Å². The molecule has 10 aromatic rings. The Balaban J connectivity index is 0.000000180. The summed E-state index contributed by atoms with van der Waals surface area (Å²) in [6.45, 7) is 11.0. The van der Waals surface area contributed by atoms with Crippen LogP contribution in [0.3, 0.4) is 0 Å². The first kappa shape index (κ1) is 128. The number of benzene rings is 4. The summed E-state index contributed by atoms with van der Waals surface area (Å²) in [5.74, 6) is 12.7. The molecule has 16 rings (SSSR count). The molecule has 4 aromatic carbocycles. The van der Waals surface area contributed by atoms with Crippen molar-refractivity contribution in [1.29, 1.82) is 0 Å². The van der Waals surface area contributed by atoms with Crippen LogP contribution in [-0.4, -0.2) is 121 Å². The Bertz CT molecular complexity index is 8980. The number of rotatable bonds is 16. The van der Waals surface area contributed by atoms with Gasteiger partial charge in [-0.25, -0.2) is 9.97 Å². The zero-order valence-electron chi connectivity index (χ0n) is 76.4. The third-order valence-electron chi connectivity index (χ3n) is 20.6. The van der Waals surface area contributed by atoms with Gasteiger partial charge in [0.2, 0.25) is 11.8 Å². The van der Waals surface area contributed by atoms with Gasteiger partial charge in [-0.05, 0) is 208 Å². The Morgan fingerprint density at radius 2 is 0.840 bits per heavy atom. The smallest absolute Gasteiger partial charge is 0.255 e. The molecule has 1 N–H and O–H groups in total. The van der Waals surface area contributed by atoms with Gasteiger partial charge in [-0.3, -0.25) is 53.2 Å². The molecular weight excluding hydrogens is 2920 g/mol. The van der Waals surface area contributed by atoms with Crippen LogP contribution in [0.1, 0.15) is 174 Å². The highest BCUT2D eigenvalue weighted by Crippen LogP contribution is 2.40. The molecule has 798 valence electrons. The zero-order chi connectivity index (χ0) is 106. The number of hydrogen-bond acceptors (Lipinski definition) is 22. The Morgan fingerprint density at radius 1 is 0.453 bits per heavy atom. The molecule has 4 amide bonds. The lowest BCUT2D eigenvalue weighted by molar-refractivity contribution is -0.137. The number of ketones is 2. The van der Waals surface area contributed by atoms with E-state index in [4.69, 9.17) is 71.5 Å². The number of thiophene rings is 2. The fraction of sp³-hybridized carbons (Fsp3) is 0.284. The van der Waals surface area contributed by atoms with Crippen LogP contribution >= 0.6 is 68.5 Å². The quantitative estimate of drug-likeness (QED) is 0.0310. The molecule has 150 heavy (non-hydrogen) atoms. The van der Waals surface area contributed by atoms with Gasteiger partial charge in [0, 0.05) is 460 Å². The number of piperidine rings is 1. The molecule has 6 aliphatic rings. The molecule has 0 radical (unpaired) electrons. The average Bonchev–Trinajstić information content (AvgIpc) is 1.59. The van der Waals surface area contributed by atoms with Crippen LogP contribution in [0.5, 0.6) is 11.5 Å². The maximum Gasteiger partial charge on any atom is 0.255 e. The molecule has 2 unspecified atom stereocenters. The number of terminal acetylenes is 1. The van der Waals surface area contributed by atoms with Crippen LogP contribution < -0.4 is 14.8 Å². The maximum atomic E-state index is 13.2. The number of halogens is 3. The van der Waals surface area contributed by atoms with Crippen LogP contribution in [0.25, 0.3) is 10.0 Å². The molecule has 21 nitrogen and oxygen atoms in total. The maximum absolute atomic E-state index is 13.2. The second-order valence-corrected chi connectivity index (χ2v) is 103. The van der Waals surface area contributed by atoms with Crippen molar-refractivity contribution >= 4 is 506 Å². The zero-order valence-corrected chi connectivity index (χ0v) is 117. The summed E-state index contributed by atoms with van der Waals surface area (Å²) < 4.78 is 17.2. The van der Waals surface area contributed by atoms with Crippen LogP contribution in [0.4, 0.5) is 0 Å². The van der Waals surface area contributed by atoms with Gasteiger partial charge < -0.3 is 19.3 Å². The van der Waals surface area contributed by atoms with Crippen molar-refractivity contribution in [1.82, 2.24) is 54.6 Å². The highest BCUT2D eigenvalue weighted by Gasteiger charge is 2.42. The third-order valence-corrected chi connectivity index (χ3v) is 107. The first-order valence-corrected chi connectivity index (χ1v) is 100. The fourth-order valence-electron chi connectivity index (χ4n) is 14.5. The fourth-order valence-corrected chi connectivity index (χ4v) is 114. The Morgan fingerprint density at radius 3 is 1.23 bits per heavy atom. The number of fused-ring (bicyclic) bond motifs is 8. The molecular formula is C81H70Cl2IN13O8S45. The van der Waals surface area contributed by atoms with Gasteiger partial charge in [-0.1, -0.05) is 77.7 Å². The molecule has 0 bridgehead atoms. The third kappa shape index (κ3) is 40.9. The number of unbranched alkanes of at least 4 members (excludes halogenated alkanes) is 2. The highest BCUT2D eigenvalue weighted by atomic mass is 127. The summed E-state index contributed by atoms with van der Waals surface area (Å²) in [6, 6.07) is 33.3. The predicted molar refractivity (Wildman–Crippen MR) is 734 cm³/mol. The lowest BCUT2D eigenvalue weighted by Gasteiger charge is -2.29. The summed E-state index contributed by atoms with van der Waals surface area (Å²) in [7, 11) is 67.3. The van der Waals surface area contributed by atoms with Gasteiger partial charge in [-0.2, -0.15) is 0 Å². The predicted octanol–water partition coefficient (Wildman–Crippen LogP) is 13.5. The molecule has 5 aliphatic heterocycles. The molecule has 11 heterocycles. The van der Waals surface area contributed by atoms with Crippen molar-refractivity contribution in [3.8, 4) is 45.7 Å². The Kier molecular flexibility index (Phi) is 61.2. The summed E-state index contributed by atoms with van der Waals surface area (Å²) in [6.07, 6.45) is 15.0. The number of nitrogens with zero attached hydrogens (tertiary/aromatic N) is 12. The summed E-state index contributed by atoms with van der Waals surface area (Å²) in [4.78, 5) is 96.6. The number of imide groups is 1. The van der Waals surface area contributed by atoms with E-state index in [1.165, 1.54) is 49.5 Å². The monoisotopic (exact) mass is 2990 g/mol. The number of pyridine rings is 2. The Labute approximate surface area is 1030 Å². The second kappa shape index (κ2) is 71.9. The number of carbonyl (C=O) groups is 6. The largest absolute Gasteiger partial charge is 0.492 e. The van der Waals surface area contributed by atoms with Crippen LogP contribution in [0, 0.1) is 54.8 Å². The van der Waals surface area contributed by atoms with Crippen molar-refractivity contribution in [2.75, 3.05) is 13.2 Å². The van der Waals surface area contributed by atoms with E-state index < -0.39 is 12.1 Å². The molecule has 1 aliphatic carbocycles. The van der Waals surface area contributed by atoms with E-state index in [9.17, 15) is 28.8 Å². The highest BCUT2D eigenvalue weighted by molar-refractivity contribution is 14.1. The van der Waals surface area contributed by atoms with Crippen LogP contribution in [0.15, 0.2) is 132 Å². The summed E-state index contributed by atoms with van der Waals surface area (Å²) in [5, 5.41) is 23.1. The normalized spacial score (nSPS) is 13.6. The van der Waals surface area contributed by atoms with E-state index in [1.54, 1.807) is 208 Å². The minimum absolute atomic E-state index is 0.0410. The number of aliphatic imine (C=N–C) groups is 2. The molecule has 6 aromatic heterocycles. The number of aromatic nitrogens is 8. The number of aryl methyl sites for hydroxylation is 4. The number of carbonyl (C=O) groups excluding carboxylic acids is 6. The average molecular weight is 2990 g/mol. The van der Waals surface area contributed by atoms with Crippen molar-refractivity contribution in [2.24, 2.45) is 9.98 Å². The second-order valence-electron chi connectivity index (χ2n) is 29.1. The number of hydrogen-bond donors (Lipinski definition) is 1. The molecule has 1 saturated carbocycles. The molecule has 0 spiro atoms. The SMILES string of the molecule is C#Cc1ccc(OCCCCc2cccc3c2CN(C2CCC(=O)NC2=O)C3=O)cn1.Cc1c(C#Cc2ccc(OCCCCc3cccc4c3CN(C3CCC(=O)CC3=O)C4=O)cn2)sc2c1C(c1ccc(Cl)cc1)=NCc1nnc(C)n1-2.Cc1c(I)sc2c1C(c1ccc(Cl)cc1)=NCc1nnc(C)n1-2.S=S=S=S=S=S=S=S=S.S=S=S=S=S=S=S=S=S=S=S=S=S=S=S=S=S=S=S=S=S=S=S=S=S=S=S=S=S=S=S=S=S=S. The van der Waals surface area contributed by atoms with Gasteiger partial charge in [0.05, 0.1) is 57.3 Å². The van der Waals surface area contributed by atoms with Gasteiger partial charge in [0.1, 0.15) is 69.5 Å². The molecule has 69 heteroatoms. The van der Waals surface area contributed by atoms with E-state index in [2.05, 4.69) is 127 Å². The van der Waals surface area contributed by atoms with E-state index in [0.29, 0.717) is 97.7 Å². The van der Waals surface area contributed by atoms with Crippen LogP contribution in [-0.2, 0) is 449 Å². The Hall–Kier alpha value is -0.890. The summed E-state index contributed by atoms with van der Waals surface area (Å²) in [5.41, 5.74) is 15.1. The first-order chi connectivity index (χ1) is 73.2. The lowest BCUT2D eigenvalue weighted by atomic mass is 9.92. The molecule has 2 atom stereocenters. The summed E-state index contributed by atoms with van der Waals surface area (Å²) >= 11 is 36.8. The number of Topliss-reactive ketones (excluding diaryl/α,β-unsaturated/α-hetero) is 2. The number of nitrogens with one attached hydrogen (secondary N) is 1. The van der Waals surface area contributed by atoms with Gasteiger partial charge in [-0.15, -0.1) is 49.5 Å². The minimum Gasteiger partial charge on any atom is -0.492 e. The minimum atomic E-state index is -0.590. The van der Waals surface area contributed by atoms with Crippen molar-refractivity contribution in [3.05, 3.63) is 241 Å². The van der Waals surface area contributed by atoms with E-state index in [-0.39, 0.29) is 48.0 Å². The van der Waals surface area contributed by atoms with E-state index in [0.717, 1.165) is 138 Å². The van der Waals surface area contributed by atoms with Gasteiger partial charge in [0.25, 0.3) is 11.8 Å². The number of ether oxygens (including phenoxy) is 2. The van der Waals surface area contributed by atoms with Crippen molar-refractivity contribution in [2.45, 2.75) is 137 Å². The number of amides is 4. The van der Waals surface area contributed by atoms with E-state index >= 15 is 0 Å². The molecule has 2 fully saturated rings. The lowest BCUT2D eigenvalue weighted by Crippen LogP contribution is -2.52. The first-order valence-electron chi connectivity index (χ1n) is 42.0. The van der Waals surface area contributed by atoms with Crippen molar-refractivity contribution in [3.63, 3.8) is 0 Å².